The number of hydrogen-bond acceptors (Lipinski definition) is 1. The van der Waals surface area contributed by atoms with Crippen molar-refractivity contribution in [2.24, 2.45) is 0 Å². The number of hydrogen-bond donors (Lipinski definition) is 1. The summed E-state index contributed by atoms with van der Waals surface area (Å²) in [6.45, 7) is 4.54. The maximum absolute atomic E-state index is 3.69. The quantitative estimate of drug-likeness (QED) is 0.616. The van der Waals surface area contributed by atoms with Crippen LogP contribution in [0.25, 0.3) is 0 Å². The molecule has 0 aliphatic rings. The van der Waals surface area contributed by atoms with E-state index in [1.807, 2.05) is 0 Å². The number of benzene rings is 2. The largest absolute Gasteiger partial charge is 0.382 e. The molecule has 1 atom stereocenters. The van der Waals surface area contributed by atoms with Gasteiger partial charge in [0, 0.05) is 11.7 Å². The first kappa shape index (κ1) is 15.6. The van der Waals surface area contributed by atoms with Crippen LogP contribution in [0.2, 0.25) is 0 Å². The molecule has 1 nitrogen and oxygen atoms in total. The van der Waals surface area contributed by atoms with Gasteiger partial charge < -0.3 is 5.32 Å². The first-order valence-electron chi connectivity index (χ1n) is 8.18. The van der Waals surface area contributed by atoms with Crippen molar-refractivity contribution in [3.63, 3.8) is 0 Å². The van der Waals surface area contributed by atoms with Gasteiger partial charge >= 0.3 is 0 Å². The van der Waals surface area contributed by atoms with Gasteiger partial charge in [0.15, 0.2) is 0 Å². The van der Waals surface area contributed by atoms with Gasteiger partial charge in [-0.05, 0) is 37.0 Å². The fourth-order valence-electron chi connectivity index (χ4n) is 2.67. The molecular weight excluding hydrogens is 254 g/mol. The van der Waals surface area contributed by atoms with Crippen molar-refractivity contribution in [1.82, 2.24) is 0 Å². The van der Waals surface area contributed by atoms with Crippen LogP contribution in [-0.2, 0) is 6.42 Å². The van der Waals surface area contributed by atoms with E-state index in [0.717, 1.165) is 6.42 Å². The van der Waals surface area contributed by atoms with Crippen LogP contribution in [-0.4, -0.2) is 6.04 Å². The molecule has 2 aromatic rings. The van der Waals surface area contributed by atoms with Crippen LogP contribution < -0.4 is 5.32 Å². The smallest absolute Gasteiger partial charge is 0.0378 e. The third-order valence-electron chi connectivity index (χ3n) is 3.90. The highest BCUT2D eigenvalue weighted by molar-refractivity contribution is 5.53. The highest BCUT2D eigenvalue weighted by Crippen LogP contribution is 2.21. The van der Waals surface area contributed by atoms with E-state index in [4.69, 9.17) is 0 Å². The lowest BCUT2D eigenvalue weighted by atomic mass is 10.0. The van der Waals surface area contributed by atoms with E-state index >= 15 is 0 Å². The number of rotatable bonds is 8. The SMILES string of the molecule is CCCCCC(C)Nc1ccccc1Cc1ccccc1. The van der Waals surface area contributed by atoms with Crippen LogP contribution in [0.1, 0.15) is 50.7 Å². The minimum absolute atomic E-state index is 0.536. The van der Waals surface area contributed by atoms with Crippen molar-refractivity contribution in [1.29, 1.82) is 0 Å². The topological polar surface area (TPSA) is 12.0 Å². The lowest BCUT2D eigenvalue weighted by molar-refractivity contribution is 0.615. The van der Waals surface area contributed by atoms with Crippen molar-refractivity contribution >= 4 is 5.69 Å². The molecule has 0 spiro atoms. The van der Waals surface area contributed by atoms with Gasteiger partial charge in [0.25, 0.3) is 0 Å². The van der Waals surface area contributed by atoms with Crippen molar-refractivity contribution in [3.8, 4) is 0 Å². The third-order valence-corrected chi connectivity index (χ3v) is 3.90. The van der Waals surface area contributed by atoms with Gasteiger partial charge in [0.05, 0.1) is 0 Å². The monoisotopic (exact) mass is 281 g/mol. The molecule has 1 N–H and O–H groups in total. The highest BCUT2D eigenvalue weighted by Gasteiger charge is 2.06. The molecule has 0 aliphatic carbocycles. The number of anilines is 1. The summed E-state index contributed by atoms with van der Waals surface area (Å²) in [6, 6.07) is 19.9. The molecule has 2 aromatic carbocycles. The van der Waals surface area contributed by atoms with E-state index in [9.17, 15) is 0 Å². The molecule has 0 saturated heterocycles. The fourth-order valence-corrected chi connectivity index (χ4v) is 2.67. The van der Waals surface area contributed by atoms with Crippen LogP contribution in [0.3, 0.4) is 0 Å². The van der Waals surface area contributed by atoms with E-state index in [0.29, 0.717) is 6.04 Å². The van der Waals surface area contributed by atoms with Gasteiger partial charge in [-0.25, -0.2) is 0 Å². The zero-order chi connectivity index (χ0) is 14.9. The second kappa shape index (κ2) is 8.51. The lowest BCUT2D eigenvalue weighted by Gasteiger charge is -2.18. The molecule has 0 aromatic heterocycles. The number of nitrogens with one attached hydrogen (secondary N) is 1. The van der Waals surface area contributed by atoms with Crippen molar-refractivity contribution in [3.05, 3.63) is 65.7 Å². The predicted octanol–water partition coefficient (Wildman–Crippen LogP) is 5.66. The Morgan fingerprint density at radius 1 is 0.905 bits per heavy atom. The van der Waals surface area contributed by atoms with Crippen LogP contribution in [0.4, 0.5) is 5.69 Å². The molecule has 2 rings (SSSR count). The molecule has 0 amide bonds. The summed E-state index contributed by atoms with van der Waals surface area (Å²) in [7, 11) is 0. The van der Waals surface area contributed by atoms with E-state index in [-0.39, 0.29) is 0 Å². The molecule has 1 unspecified atom stereocenters. The van der Waals surface area contributed by atoms with E-state index < -0.39 is 0 Å². The zero-order valence-electron chi connectivity index (χ0n) is 13.3. The molecule has 112 valence electrons. The van der Waals surface area contributed by atoms with E-state index in [1.165, 1.54) is 42.5 Å². The standard InChI is InChI=1S/C20H27N/c1-3-4-6-11-17(2)21-20-15-10-9-14-19(20)16-18-12-7-5-8-13-18/h5,7-10,12-15,17,21H,3-4,6,11,16H2,1-2H3. The van der Waals surface area contributed by atoms with Crippen molar-refractivity contribution in [2.75, 3.05) is 5.32 Å². The molecule has 21 heavy (non-hydrogen) atoms. The van der Waals surface area contributed by atoms with Gasteiger partial charge in [-0.3, -0.25) is 0 Å². The van der Waals surface area contributed by atoms with Gasteiger partial charge in [-0.1, -0.05) is 74.7 Å². The van der Waals surface area contributed by atoms with Crippen molar-refractivity contribution < 1.29 is 0 Å². The minimum atomic E-state index is 0.536. The van der Waals surface area contributed by atoms with E-state index in [1.54, 1.807) is 0 Å². The summed E-state index contributed by atoms with van der Waals surface area (Å²) < 4.78 is 0. The van der Waals surface area contributed by atoms with E-state index in [2.05, 4.69) is 73.8 Å². The maximum atomic E-state index is 3.69. The summed E-state index contributed by atoms with van der Waals surface area (Å²) in [5, 5.41) is 3.69. The Kier molecular flexibility index (Phi) is 6.33. The first-order chi connectivity index (χ1) is 10.3. The summed E-state index contributed by atoms with van der Waals surface area (Å²) in [5.41, 5.74) is 4.03. The van der Waals surface area contributed by atoms with Gasteiger partial charge in [-0.15, -0.1) is 0 Å². The fraction of sp³-hybridized carbons (Fsp3) is 0.400. The molecule has 0 saturated carbocycles. The molecule has 0 fully saturated rings. The van der Waals surface area contributed by atoms with Crippen LogP contribution in [0, 0.1) is 0 Å². The Balaban J connectivity index is 1.99. The molecule has 1 heteroatoms. The second-order valence-corrected chi connectivity index (χ2v) is 5.86. The Labute approximate surface area is 129 Å². The van der Waals surface area contributed by atoms with Crippen LogP contribution in [0.15, 0.2) is 54.6 Å². The Morgan fingerprint density at radius 3 is 2.38 bits per heavy atom. The number of para-hydroxylation sites is 1. The number of unbranched alkanes of at least 4 members (excludes halogenated alkanes) is 2. The normalized spacial score (nSPS) is 12.1. The molecule has 0 heterocycles. The third kappa shape index (κ3) is 5.26. The van der Waals surface area contributed by atoms with Crippen LogP contribution in [0.5, 0.6) is 0 Å². The average molecular weight is 281 g/mol. The van der Waals surface area contributed by atoms with Gasteiger partial charge in [-0.2, -0.15) is 0 Å². The molecule has 0 radical (unpaired) electrons. The summed E-state index contributed by atoms with van der Waals surface area (Å²) >= 11 is 0. The maximum Gasteiger partial charge on any atom is 0.0378 e. The minimum Gasteiger partial charge on any atom is -0.382 e. The molecular formula is C20H27N. The van der Waals surface area contributed by atoms with Gasteiger partial charge in [0.1, 0.15) is 0 Å². The molecule has 0 aliphatic heterocycles. The first-order valence-corrected chi connectivity index (χ1v) is 8.18. The Hall–Kier alpha value is -1.76. The van der Waals surface area contributed by atoms with Crippen molar-refractivity contribution in [2.45, 2.75) is 52.0 Å². The Morgan fingerprint density at radius 2 is 1.62 bits per heavy atom. The average Bonchev–Trinajstić information content (AvgIpc) is 2.51. The Bertz CT molecular complexity index is 518. The predicted molar refractivity (Wildman–Crippen MR) is 92.9 cm³/mol. The highest BCUT2D eigenvalue weighted by atomic mass is 14.9. The van der Waals surface area contributed by atoms with Gasteiger partial charge in [0.2, 0.25) is 0 Å². The second-order valence-electron chi connectivity index (χ2n) is 5.86. The van der Waals surface area contributed by atoms with Crippen LogP contribution >= 0.6 is 0 Å². The lowest BCUT2D eigenvalue weighted by Crippen LogP contribution is -2.16. The molecule has 0 bridgehead atoms. The summed E-state index contributed by atoms with van der Waals surface area (Å²) in [6.07, 6.45) is 6.17. The zero-order valence-corrected chi connectivity index (χ0v) is 13.3. The summed E-state index contributed by atoms with van der Waals surface area (Å²) in [5.74, 6) is 0. The summed E-state index contributed by atoms with van der Waals surface area (Å²) in [4.78, 5) is 0.